The van der Waals surface area contributed by atoms with Crippen molar-refractivity contribution in [2.75, 3.05) is 0 Å². The Balaban J connectivity index is 1.95. The molecule has 142 valence electrons. The molecule has 0 aromatic heterocycles. The number of carbonyl (C=O) groups is 5. The Bertz CT molecular complexity index is 936. The van der Waals surface area contributed by atoms with Crippen LogP contribution in [0.1, 0.15) is 27.1 Å². The maximum atomic E-state index is 13.1. The molecule has 0 bridgehead atoms. The minimum atomic E-state index is -1.51. The molecular weight excluding hydrogens is 384 g/mol. The Morgan fingerprint density at radius 1 is 0.857 bits per heavy atom. The molecule has 1 atom stereocenters. The molecule has 0 radical (unpaired) electrons. The third kappa shape index (κ3) is 4.15. The standard InChI is InChI=1S/C20H15ClN2O5/c21-13-8-6-12(7-9-13)17(25)14(10-15(24)11-4-2-1-3-5-11)16-18(26)22-20(28)23-19(16)27/h1-9,14,16H,10H2,(H2,22,23,26,27,28). The predicted octanol–water partition coefficient (Wildman–Crippen LogP) is 2.39. The van der Waals surface area contributed by atoms with Crippen LogP contribution in [0.4, 0.5) is 4.79 Å². The average molecular weight is 399 g/mol. The minimum absolute atomic E-state index is 0.202. The second kappa shape index (κ2) is 8.14. The van der Waals surface area contributed by atoms with E-state index in [4.69, 9.17) is 11.6 Å². The van der Waals surface area contributed by atoms with E-state index >= 15 is 0 Å². The number of ketones is 2. The number of rotatable bonds is 6. The molecule has 1 aliphatic heterocycles. The summed E-state index contributed by atoms with van der Waals surface area (Å²) in [5.74, 6) is -5.57. The Labute approximate surface area is 165 Å². The van der Waals surface area contributed by atoms with Gasteiger partial charge in [-0.15, -0.1) is 0 Å². The molecular formula is C20H15ClN2O5. The Morgan fingerprint density at radius 2 is 1.43 bits per heavy atom. The van der Waals surface area contributed by atoms with E-state index in [1.165, 1.54) is 24.3 Å². The fourth-order valence-corrected chi connectivity index (χ4v) is 3.15. The quantitative estimate of drug-likeness (QED) is 0.573. The van der Waals surface area contributed by atoms with Crippen molar-refractivity contribution < 1.29 is 24.0 Å². The summed E-state index contributed by atoms with van der Waals surface area (Å²) in [5, 5.41) is 4.36. The van der Waals surface area contributed by atoms with Crippen molar-refractivity contribution in [2.24, 2.45) is 11.8 Å². The van der Waals surface area contributed by atoms with Crippen LogP contribution in [0.15, 0.2) is 54.6 Å². The zero-order valence-corrected chi connectivity index (χ0v) is 15.2. The van der Waals surface area contributed by atoms with Crippen molar-refractivity contribution in [2.45, 2.75) is 6.42 Å². The molecule has 2 aromatic carbocycles. The molecule has 2 N–H and O–H groups in total. The molecule has 0 saturated carbocycles. The van der Waals surface area contributed by atoms with Crippen molar-refractivity contribution in [1.29, 1.82) is 0 Å². The van der Waals surface area contributed by atoms with Gasteiger partial charge in [0.05, 0.1) is 5.92 Å². The zero-order chi connectivity index (χ0) is 20.3. The lowest BCUT2D eigenvalue weighted by Crippen LogP contribution is -2.58. The number of halogens is 1. The summed E-state index contributed by atoms with van der Waals surface area (Å²) < 4.78 is 0. The molecule has 1 fully saturated rings. The SMILES string of the molecule is O=C1NC(=O)C(C(CC(=O)c2ccccc2)C(=O)c2ccc(Cl)cc2)C(=O)N1. The summed E-state index contributed by atoms with van der Waals surface area (Å²) in [4.78, 5) is 61.6. The largest absolute Gasteiger partial charge is 0.328 e. The van der Waals surface area contributed by atoms with Gasteiger partial charge in [0.2, 0.25) is 11.8 Å². The first kappa shape index (κ1) is 19.4. The van der Waals surface area contributed by atoms with E-state index in [9.17, 15) is 24.0 Å². The van der Waals surface area contributed by atoms with Gasteiger partial charge < -0.3 is 0 Å². The van der Waals surface area contributed by atoms with Gasteiger partial charge >= 0.3 is 6.03 Å². The van der Waals surface area contributed by atoms with Crippen molar-refractivity contribution >= 4 is 41.0 Å². The maximum absolute atomic E-state index is 13.1. The molecule has 1 unspecified atom stereocenters. The van der Waals surface area contributed by atoms with Crippen LogP contribution in [0.5, 0.6) is 0 Å². The Morgan fingerprint density at radius 3 is 2.00 bits per heavy atom. The summed E-state index contributed by atoms with van der Waals surface area (Å²) in [7, 11) is 0. The monoisotopic (exact) mass is 398 g/mol. The highest BCUT2D eigenvalue weighted by Gasteiger charge is 2.44. The van der Waals surface area contributed by atoms with Crippen molar-refractivity contribution in [1.82, 2.24) is 10.6 Å². The van der Waals surface area contributed by atoms with E-state index in [2.05, 4.69) is 0 Å². The molecule has 1 heterocycles. The lowest BCUT2D eigenvalue weighted by Gasteiger charge is -2.27. The maximum Gasteiger partial charge on any atom is 0.328 e. The molecule has 7 nitrogen and oxygen atoms in total. The first-order chi connectivity index (χ1) is 13.4. The number of Topliss-reactive ketones (excluding diaryl/α,β-unsaturated/α-hetero) is 2. The highest BCUT2D eigenvalue weighted by Crippen LogP contribution is 2.26. The summed E-state index contributed by atoms with van der Waals surface area (Å²) in [6.45, 7) is 0. The summed E-state index contributed by atoms with van der Waals surface area (Å²) >= 11 is 5.84. The van der Waals surface area contributed by atoms with Gasteiger partial charge in [-0.2, -0.15) is 0 Å². The normalized spacial score (nSPS) is 15.5. The molecule has 0 spiro atoms. The van der Waals surface area contributed by atoms with Gasteiger partial charge in [-0.25, -0.2) is 4.79 Å². The number of urea groups is 1. The van der Waals surface area contributed by atoms with E-state index in [-0.39, 0.29) is 12.0 Å². The van der Waals surface area contributed by atoms with Crippen LogP contribution >= 0.6 is 11.6 Å². The number of nitrogens with one attached hydrogen (secondary N) is 2. The molecule has 2 aromatic rings. The van der Waals surface area contributed by atoms with Crippen LogP contribution in [0.25, 0.3) is 0 Å². The van der Waals surface area contributed by atoms with E-state index in [0.29, 0.717) is 10.6 Å². The molecule has 3 rings (SSSR count). The molecule has 1 aliphatic rings. The highest BCUT2D eigenvalue weighted by atomic mass is 35.5. The minimum Gasteiger partial charge on any atom is -0.294 e. The summed E-state index contributed by atoms with van der Waals surface area (Å²) in [5.41, 5.74) is 0.553. The first-order valence-electron chi connectivity index (χ1n) is 8.40. The molecule has 0 aliphatic carbocycles. The number of imide groups is 2. The van der Waals surface area contributed by atoms with Gasteiger partial charge in [0.25, 0.3) is 0 Å². The Kier molecular flexibility index (Phi) is 5.65. The van der Waals surface area contributed by atoms with Crippen molar-refractivity contribution in [3.05, 3.63) is 70.7 Å². The second-order valence-corrected chi connectivity index (χ2v) is 6.69. The van der Waals surface area contributed by atoms with Gasteiger partial charge in [0.15, 0.2) is 11.6 Å². The van der Waals surface area contributed by atoms with Crippen LogP contribution in [0, 0.1) is 11.8 Å². The third-order valence-corrected chi connectivity index (χ3v) is 4.66. The van der Waals surface area contributed by atoms with E-state index < -0.39 is 41.2 Å². The topological polar surface area (TPSA) is 109 Å². The number of benzene rings is 2. The smallest absolute Gasteiger partial charge is 0.294 e. The van der Waals surface area contributed by atoms with Crippen molar-refractivity contribution in [3.63, 3.8) is 0 Å². The van der Waals surface area contributed by atoms with Gasteiger partial charge in [-0.1, -0.05) is 41.9 Å². The van der Waals surface area contributed by atoms with E-state index in [1.54, 1.807) is 30.3 Å². The van der Waals surface area contributed by atoms with Gasteiger partial charge in [-0.05, 0) is 24.3 Å². The zero-order valence-electron chi connectivity index (χ0n) is 14.5. The molecule has 4 amide bonds. The average Bonchev–Trinajstić information content (AvgIpc) is 2.67. The number of hydrogen-bond acceptors (Lipinski definition) is 5. The molecule has 8 heteroatoms. The lowest BCUT2D eigenvalue weighted by molar-refractivity contribution is -0.137. The van der Waals surface area contributed by atoms with Crippen LogP contribution in [0.2, 0.25) is 5.02 Å². The first-order valence-corrected chi connectivity index (χ1v) is 8.78. The van der Waals surface area contributed by atoms with Crippen LogP contribution in [-0.2, 0) is 9.59 Å². The second-order valence-electron chi connectivity index (χ2n) is 6.26. The fraction of sp³-hybridized carbons (Fsp3) is 0.150. The van der Waals surface area contributed by atoms with Gasteiger partial charge in [0.1, 0.15) is 5.92 Å². The third-order valence-electron chi connectivity index (χ3n) is 4.41. The molecule has 28 heavy (non-hydrogen) atoms. The summed E-state index contributed by atoms with van der Waals surface area (Å²) in [6.07, 6.45) is -0.370. The number of barbiturate groups is 1. The van der Waals surface area contributed by atoms with Gasteiger partial charge in [-0.3, -0.25) is 29.8 Å². The van der Waals surface area contributed by atoms with Crippen molar-refractivity contribution in [3.8, 4) is 0 Å². The van der Waals surface area contributed by atoms with E-state index in [1.807, 2.05) is 10.6 Å². The molecule has 1 saturated heterocycles. The number of amides is 4. The predicted molar refractivity (Wildman–Crippen MR) is 99.8 cm³/mol. The van der Waals surface area contributed by atoms with Crippen LogP contribution < -0.4 is 10.6 Å². The van der Waals surface area contributed by atoms with Gasteiger partial charge in [0, 0.05) is 22.6 Å². The Hall–Kier alpha value is -3.32. The fourth-order valence-electron chi connectivity index (χ4n) is 3.03. The number of carbonyl (C=O) groups excluding carboxylic acids is 5. The summed E-state index contributed by atoms with van der Waals surface area (Å²) in [6, 6.07) is 13.2. The highest BCUT2D eigenvalue weighted by molar-refractivity contribution is 6.30. The number of hydrogen-bond donors (Lipinski definition) is 2. The lowest BCUT2D eigenvalue weighted by atomic mass is 9.79. The van der Waals surface area contributed by atoms with Crippen LogP contribution in [-0.4, -0.2) is 29.4 Å². The van der Waals surface area contributed by atoms with Crippen LogP contribution in [0.3, 0.4) is 0 Å². The van der Waals surface area contributed by atoms with E-state index in [0.717, 1.165) is 0 Å².